The van der Waals surface area contributed by atoms with Gasteiger partial charge in [0.25, 0.3) is 0 Å². The Morgan fingerprint density at radius 2 is 1.47 bits per heavy atom. The molecule has 146 valence electrons. The van der Waals surface area contributed by atoms with E-state index in [0.29, 0.717) is 39.5 Å². The van der Waals surface area contributed by atoms with Gasteiger partial charge >= 0.3 is 0 Å². The van der Waals surface area contributed by atoms with Gasteiger partial charge in [0.1, 0.15) is 35.1 Å². The molecular weight excluding hydrogens is 404 g/mol. The molecule has 0 aliphatic rings. The maximum absolute atomic E-state index is 6.00. The predicted octanol–water partition coefficient (Wildman–Crippen LogP) is 2.43. The van der Waals surface area contributed by atoms with Crippen LogP contribution in [0.4, 0.5) is 11.9 Å². The van der Waals surface area contributed by atoms with Gasteiger partial charge in [-0.2, -0.15) is 9.97 Å². The van der Waals surface area contributed by atoms with Gasteiger partial charge in [-0.3, -0.25) is 0 Å². The topological polar surface area (TPSA) is 152 Å². The highest BCUT2D eigenvalue weighted by molar-refractivity contribution is 7.13. The summed E-state index contributed by atoms with van der Waals surface area (Å²) in [6.45, 7) is 0. The molecule has 0 aliphatic carbocycles. The van der Waals surface area contributed by atoms with Crippen molar-refractivity contribution in [1.29, 1.82) is 0 Å². The highest BCUT2D eigenvalue weighted by atomic mass is 32.1. The molecule has 0 aromatic carbocycles. The van der Waals surface area contributed by atoms with Crippen LogP contribution >= 0.6 is 11.3 Å². The van der Waals surface area contributed by atoms with Crippen LogP contribution in [0.15, 0.2) is 53.0 Å². The number of hydrogen-bond acceptors (Lipinski definition) is 10. The van der Waals surface area contributed by atoms with E-state index in [0.717, 1.165) is 4.88 Å². The van der Waals surface area contributed by atoms with Crippen molar-refractivity contribution in [1.82, 2.24) is 39.3 Å². The summed E-state index contributed by atoms with van der Waals surface area (Å²) in [5.74, 6) is 0.775. The molecule has 30 heavy (non-hydrogen) atoms. The molecule has 6 aromatic heterocycles. The molecule has 0 radical (unpaired) electrons. The molecule has 0 saturated carbocycles. The van der Waals surface area contributed by atoms with E-state index in [2.05, 4.69) is 29.9 Å². The molecule has 0 saturated heterocycles. The second kappa shape index (κ2) is 6.09. The number of rotatable bonds is 3. The van der Waals surface area contributed by atoms with Crippen molar-refractivity contribution in [2.45, 2.75) is 0 Å². The molecule has 0 fully saturated rings. The van der Waals surface area contributed by atoms with E-state index in [4.69, 9.17) is 15.9 Å². The number of fused-ring (bicyclic) bond motifs is 2. The summed E-state index contributed by atoms with van der Waals surface area (Å²) in [6, 6.07) is 7.46. The van der Waals surface area contributed by atoms with Gasteiger partial charge in [-0.25, -0.2) is 29.3 Å². The number of nitrogens with zero attached hydrogens (tertiary/aromatic N) is 8. The lowest BCUT2D eigenvalue weighted by atomic mass is 10.3. The van der Waals surface area contributed by atoms with E-state index < -0.39 is 0 Å². The lowest BCUT2D eigenvalue weighted by Crippen LogP contribution is -2.10. The van der Waals surface area contributed by atoms with Crippen molar-refractivity contribution in [3.05, 3.63) is 48.6 Å². The number of hydrogen-bond donors (Lipinski definition) is 2. The molecule has 0 spiro atoms. The Morgan fingerprint density at radius 3 is 2.07 bits per heavy atom. The minimum Gasteiger partial charge on any atom is -0.463 e. The third-order valence-electron chi connectivity index (χ3n) is 4.53. The minimum absolute atomic E-state index is 0.0912. The Labute approximate surface area is 171 Å². The van der Waals surface area contributed by atoms with Gasteiger partial charge in [-0.1, -0.05) is 6.07 Å². The van der Waals surface area contributed by atoms with Crippen LogP contribution < -0.4 is 11.5 Å². The first-order valence-electron chi connectivity index (χ1n) is 8.78. The smallest absolute Gasteiger partial charge is 0.222 e. The molecule has 0 aliphatic heterocycles. The summed E-state index contributed by atoms with van der Waals surface area (Å²) in [5.41, 5.74) is 15.3. The van der Waals surface area contributed by atoms with Crippen LogP contribution in [0.5, 0.6) is 0 Å². The summed E-state index contributed by atoms with van der Waals surface area (Å²) >= 11 is 1.55. The zero-order chi connectivity index (χ0) is 20.2. The lowest BCUT2D eigenvalue weighted by molar-refractivity contribution is 0.580. The molecule has 0 atom stereocenters. The van der Waals surface area contributed by atoms with E-state index >= 15 is 0 Å². The Bertz CT molecular complexity index is 1400. The third kappa shape index (κ3) is 2.37. The fraction of sp³-hybridized carbons (Fsp3) is 0. The monoisotopic (exact) mass is 416 g/mol. The van der Waals surface area contributed by atoms with E-state index in [1.165, 1.54) is 0 Å². The molecule has 12 heteroatoms. The lowest BCUT2D eigenvalue weighted by Gasteiger charge is -2.07. The predicted molar refractivity (Wildman–Crippen MR) is 111 cm³/mol. The number of imidazole rings is 2. The number of thiophene rings is 1. The number of nitrogen functional groups attached to an aromatic ring is 2. The van der Waals surface area contributed by atoms with Crippen molar-refractivity contribution in [3.63, 3.8) is 0 Å². The van der Waals surface area contributed by atoms with Crippen molar-refractivity contribution in [2.24, 2.45) is 0 Å². The summed E-state index contributed by atoms with van der Waals surface area (Å²) in [7, 11) is 0. The van der Waals surface area contributed by atoms with Crippen LogP contribution in [-0.4, -0.2) is 39.3 Å². The van der Waals surface area contributed by atoms with Crippen LogP contribution in [0.1, 0.15) is 0 Å². The largest absolute Gasteiger partial charge is 0.463 e. The Kier molecular flexibility index (Phi) is 3.37. The fourth-order valence-electron chi connectivity index (χ4n) is 3.30. The summed E-state index contributed by atoms with van der Waals surface area (Å²) in [5, 5.41) is 1.97. The molecule has 4 N–H and O–H groups in total. The van der Waals surface area contributed by atoms with Crippen LogP contribution in [0.3, 0.4) is 0 Å². The van der Waals surface area contributed by atoms with E-state index in [1.807, 2.05) is 17.5 Å². The van der Waals surface area contributed by atoms with Crippen molar-refractivity contribution in [3.8, 4) is 22.0 Å². The highest BCUT2D eigenvalue weighted by Gasteiger charge is 2.20. The average Bonchev–Trinajstić information content (AvgIpc) is 3.52. The first-order chi connectivity index (χ1) is 14.7. The summed E-state index contributed by atoms with van der Waals surface area (Å²) in [6.07, 6.45) is 4.77. The Hall–Kier alpha value is -4.32. The normalized spacial score (nSPS) is 11.6. The van der Waals surface area contributed by atoms with Gasteiger partial charge in [-0.05, 0) is 23.6 Å². The van der Waals surface area contributed by atoms with Crippen LogP contribution in [-0.2, 0) is 0 Å². The second-order valence-corrected chi connectivity index (χ2v) is 7.29. The first-order valence-corrected chi connectivity index (χ1v) is 9.66. The molecule has 0 amide bonds. The number of nitrogens with two attached hydrogens (primary N) is 2. The quantitative estimate of drug-likeness (QED) is 0.443. The van der Waals surface area contributed by atoms with Gasteiger partial charge in [0.05, 0.1) is 11.1 Å². The molecule has 6 aromatic rings. The molecule has 11 nitrogen and oxygen atoms in total. The molecule has 6 rings (SSSR count). The van der Waals surface area contributed by atoms with Gasteiger partial charge in [0, 0.05) is 0 Å². The first kappa shape index (κ1) is 16.6. The third-order valence-corrected chi connectivity index (χ3v) is 5.41. The maximum atomic E-state index is 6.00. The minimum atomic E-state index is 0.0912. The standard InChI is InChI=1S/C18H12N10OS/c19-17-23-11(9-3-1-5-29-9)13-15(25-17)27(7-21-13)28-8-22-14-12(10-4-2-6-30-10)24-18(20)26-16(14)28/h1-8H,(H2,19,23,25)(H2,20,24,26). The number of furan rings is 1. The number of aromatic nitrogens is 8. The molecule has 0 bridgehead atoms. The summed E-state index contributed by atoms with van der Waals surface area (Å²) in [4.78, 5) is 27.4. The Morgan fingerprint density at radius 1 is 0.800 bits per heavy atom. The fourth-order valence-corrected chi connectivity index (χ4v) is 4.01. The second-order valence-electron chi connectivity index (χ2n) is 6.34. The van der Waals surface area contributed by atoms with E-state index in [-0.39, 0.29) is 11.9 Å². The molecule has 0 unspecified atom stereocenters. The van der Waals surface area contributed by atoms with Crippen LogP contribution in [0.25, 0.3) is 44.4 Å². The van der Waals surface area contributed by atoms with Crippen molar-refractivity contribution >= 4 is 45.6 Å². The average molecular weight is 416 g/mol. The molecule has 6 heterocycles. The highest BCUT2D eigenvalue weighted by Crippen LogP contribution is 2.30. The van der Waals surface area contributed by atoms with Gasteiger partial charge in [0.2, 0.25) is 11.9 Å². The molecular formula is C18H12N10OS. The van der Waals surface area contributed by atoms with E-state index in [9.17, 15) is 0 Å². The zero-order valence-electron chi connectivity index (χ0n) is 15.2. The van der Waals surface area contributed by atoms with Crippen molar-refractivity contribution in [2.75, 3.05) is 11.5 Å². The van der Waals surface area contributed by atoms with Crippen LogP contribution in [0, 0.1) is 0 Å². The van der Waals surface area contributed by atoms with Crippen LogP contribution in [0.2, 0.25) is 0 Å². The number of anilines is 2. The van der Waals surface area contributed by atoms with Gasteiger partial charge < -0.3 is 15.9 Å². The maximum Gasteiger partial charge on any atom is 0.222 e. The van der Waals surface area contributed by atoms with Gasteiger partial charge in [-0.15, -0.1) is 11.3 Å². The SMILES string of the molecule is Nc1nc(-c2ccco2)c2ncn(-n3cnc4c(-c5cccs5)nc(N)nc43)c2n1. The van der Waals surface area contributed by atoms with Crippen molar-refractivity contribution < 1.29 is 4.42 Å². The van der Waals surface area contributed by atoms with E-state index in [1.54, 1.807) is 51.7 Å². The Balaban J connectivity index is 1.62. The van der Waals surface area contributed by atoms with Gasteiger partial charge in [0.15, 0.2) is 17.1 Å². The summed E-state index contributed by atoms with van der Waals surface area (Å²) < 4.78 is 8.85. The zero-order valence-corrected chi connectivity index (χ0v) is 16.0.